The van der Waals surface area contributed by atoms with Crippen LogP contribution in [0.4, 0.5) is 5.69 Å². The molecule has 3 N–H and O–H groups in total. The summed E-state index contributed by atoms with van der Waals surface area (Å²) in [6.45, 7) is 4.25. The van der Waals surface area contributed by atoms with E-state index in [-0.39, 0.29) is 35.8 Å². The molecule has 0 aromatic heterocycles. The van der Waals surface area contributed by atoms with Crippen molar-refractivity contribution >= 4 is 41.5 Å². The standard InChI is InChI=1S/C23H30N4O2.HI/c1-17-9-11-19(12-10-17)29-14-6-5-13-25-23(24-2)26-16-18-15-22(28)27-21-8-4-3-7-20(18)21;/h3-4,7-12,18H,5-6,13-16H2,1-2H3,(H,27,28)(H2,24,25,26);1H. The number of fused-ring (bicyclic) bond motifs is 1. The van der Waals surface area contributed by atoms with Crippen molar-refractivity contribution in [1.82, 2.24) is 10.6 Å². The molecule has 0 bridgehead atoms. The lowest BCUT2D eigenvalue weighted by atomic mass is 9.90. The fraction of sp³-hybridized carbons (Fsp3) is 0.391. The molecule has 1 atom stereocenters. The summed E-state index contributed by atoms with van der Waals surface area (Å²) in [5.74, 6) is 1.87. The second kappa shape index (κ2) is 12.4. The largest absolute Gasteiger partial charge is 0.494 e. The predicted molar refractivity (Wildman–Crippen MR) is 133 cm³/mol. The quantitative estimate of drug-likeness (QED) is 0.212. The number of halogens is 1. The lowest BCUT2D eigenvalue weighted by Crippen LogP contribution is -2.41. The molecule has 0 spiro atoms. The highest BCUT2D eigenvalue weighted by atomic mass is 127. The molecule has 0 aliphatic carbocycles. The minimum atomic E-state index is 0. The third kappa shape index (κ3) is 7.19. The fourth-order valence-corrected chi connectivity index (χ4v) is 3.38. The van der Waals surface area contributed by atoms with Crippen LogP contribution < -0.4 is 20.7 Å². The van der Waals surface area contributed by atoms with Crippen molar-refractivity contribution in [3.05, 3.63) is 59.7 Å². The third-order valence-corrected chi connectivity index (χ3v) is 5.00. The highest BCUT2D eigenvalue weighted by Gasteiger charge is 2.24. The van der Waals surface area contributed by atoms with Crippen LogP contribution >= 0.6 is 24.0 Å². The first-order valence-electron chi connectivity index (χ1n) is 10.2. The highest BCUT2D eigenvalue weighted by Crippen LogP contribution is 2.31. The lowest BCUT2D eigenvalue weighted by molar-refractivity contribution is -0.116. The Kier molecular flexibility index (Phi) is 9.93. The van der Waals surface area contributed by atoms with E-state index in [1.165, 1.54) is 11.1 Å². The van der Waals surface area contributed by atoms with Crippen LogP contribution in [0.2, 0.25) is 0 Å². The van der Waals surface area contributed by atoms with Gasteiger partial charge in [0.15, 0.2) is 5.96 Å². The zero-order valence-electron chi connectivity index (χ0n) is 17.6. The first kappa shape index (κ1) is 24.0. The van der Waals surface area contributed by atoms with E-state index in [1.54, 1.807) is 7.05 Å². The molecule has 3 rings (SSSR count). The Morgan fingerprint density at radius 3 is 2.67 bits per heavy atom. The zero-order chi connectivity index (χ0) is 20.5. The van der Waals surface area contributed by atoms with E-state index in [1.807, 2.05) is 30.3 Å². The summed E-state index contributed by atoms with van der Waals surface area (Å²) in [6.07, 6.45) is 2.44. The summed E-state index contributed by atoms with van der Waals surface area (Å²) in [4.78, 5) is 16.2. The molecule has 0 radical (unpaired) electrons. The average Bonchev–Trinajstić information content (AvgIpc) is 2.73. The van der Waals surface area contributed by atoms with Crippen LogP contribution in [0.25, 0.3) is 0 Å². The molecular formula is C23H31IN4O2. The lowest BCUT2D eigenvalue weighted by Gasteiger charge is -2.26. The maximum atomic E-state index is 11.9. The van der Waals surface area contributed by atoms with Gasteiger partial charge < -0.3 is 20.7 Å². The number of carbonyl (C=O) groups is 1. The van der Waals surface area contributed by atoms with Crippen LogP contribution in [0.5, 0.6) is 5.75 Å². The second-order valence-electron chi connectivity index (χ2n) is 7.28. The Morgan fingerprint density at radius 2 is 1.90 bits per heavy atom. The van der Waals surface area contributed by atoms with Crippen molar-refractivity contribution in [2.24, 2.45) is 4.99 Å². The SMILES string of the molecule is CN=C(NCCCCOc1ccc(C)cc1)NCC1CC(=O)Nc2ccccc21.I. The number of nitrogens with one attached hydrogen (secondary N) is 3. The van der Waals surface area contributed by atoms with Crippen molar-refractivity contribution in [3.8, 4) is 5.75 Å². The number of guanidine groups is 1. The van der Waals surface area contributed by atoms with E-state index in [2.05, 4.69) is 46.1 Å². The van der Waals surface area contributed by atoms with Gasteiger partial charge in [0.2, 0.25) is 5.91 Å². The molecule has 2 aromatic rings. The molecule has 6 nitrogen and oxygen atoms in total. The van der Waals surface area contributed by atoms with Crippen LogP contribution in [-0.2, 0) is 4.79 Å². The topological polar surface area (TPSA) is 74.8 Å². The van der Waals surface area contributed by atoms with Crippen molar-refractivity contribution < 1.29 is 9.53 Å². The number of hydrogen-bond donors (Lipinski definition) is 3. The first-order chi connectivity index (χ1) is 14.2. The molecule has 0 fully saturated rings. The number of aryl methyl sites for hydroxylation is 1. The number of aliphatic imine (C=N–C) groups is 1. The molecule has 1 heterocycles. The van der Waals surface area contributed by atoms with Gasteiger partial charge in [-0.05, 0) is 43.5 Å². The number of carbonyl (C=O) groups excluding carboxylic acids is 1. The van der Waals surface area contributed by atoms with Crippen molar-refractivity contribution in [2.45, 2.75) is 32.1 Å². The normalized spacial score (nSPS) is 15.5. The summed E-state index contributed by atoms with van der Waals surface area (Å²) in [5, 5.41) is 9.62. The molecule has 30 heavy (non-hydrogen) atoms. The van der Waals surface area contributed by atoms with Gasteiger partial charge in [-0.15, -0.1) is 24.0 Å². The number of hydrogen-bond acceptors (Lipinski definition) is 3. The zero-order valence-corrected chi connectivity index (χ0v) is 19.9. The van der Waals surface area contributed by atoms with E-state index in [9.17, 15) is 4.79 Å². The van der Waals surface area contributed by atoms with Crippen LogP contribution in [0.15, 0.2) is 53.5 Å². The van der Waals surface area contributed by atoms with Gasteiger partial charge in [0.25, 0.3) is 0 Å². The molecule has 7 heteroatoms. The van der Waals surface area contributed by atoms with Gasteiger partial charge in [-0.1, -0.05) is 35.9 Å². The summed E-state index contributed by atoms with van der Waals surface area (Å²) in [7, 11) is 1.76. The molecule has 1 aliphatic heterocycles. The fourth-order valence-electron chi connectivity index (χ4n) is 3.38. The molecule has 1 unspecified atom stereocenters. The second-order valence-corrected chi connectivity index (χ2v) is 7.28. The van der Waals surface area contributed by atoms with Crippen molar-refractivity contribution in [1.29, 1.82) is 0 Å². The Morgan fingerprint density at radius 1 is 1.13 bits per heavy atom. The van der Waals surface area contributed by atoms with Gasteiger partial charge in [0, 0.05) is 38.2 Å². The van der Waals surface area contributed by atoms with Gasteiger partial charge in [0.1, 0.15) is 5.75 Å². The number of benzene rings is 2. The number of unbranched alkanes of at least 4 members (excludes halogenated alkanes) is 1. The number of amides is 1. The highest BCUT2D eigenvalue weighted by molar-refractivity contribution is 14.0. The van der Waals surface area contributed by atoms with Crippen LogP contribution in [0.3, 0.4) is 0 Å². The minimum absolute atomic E-state index is 0. The van der Waals surface area contributed by atoms with Crippen LogP contribution in [0, 0.1) is 6.92 Å². The number of rotatable bonds is 8. The number of ether oxygens (including phenoxy) is 1. The molecule has 0 saturated heterocycles. The average molecular weight is 522 g/mol. The maximum Gasteiger partial charge on any atom is 0.225 e. The van der Waals surface area contributed by atoms with Crippen LogP contribution in [0.1, 0.15) is 36.3 Å². The molecular weight excluding hydrogens is 491 g/mol. The van der Waals surface area contributed by atoms with Gasteiger partial charge in [-0.3, -0.25) is 9.79 Å². The van der Waals surface area contributed by atoms with Crippen LogP contribution in [-0.4, -0.2) is 38.6 Å². The van der Waals surface area contributed by atoms with E-state index in [0.717, 1.165) is 36.8 Å². The molecule has 2 aromatic carbocycles. The van der Waals surface area contributed by atoms with Gasteiger partial charge in [0.05, 0.1) is 6.61 Å². The Bertz CT molecular complexity index is 839. The number of anilines is 1. The number of nitrogens with zero attached hydrogens (tertiary/aromatic N) is 1. The van der Waals surface area contributed by atoms with Gasteiger partial charge >= 0.3 is 0 Å². The Hall–Kier alpha value is -2.29. The van der Waals surface area contributed by atoms with E-state index in [0.29, 0.717) is 19.6 Å². The maximum absolute atomic E-state index is 11.9. The summed E-state index contributed by atoms with van der Waals surface area (Å²) < 4.78 is 5.75. The smallest absolute Gasteiger partial charge is 0.225 e. The van der Waals surface area contributed by atoms with Crippen molar-refractivity contribution in [2.75, 3.05) is 32.1 Å². The minimum Gasteiger partial charge on any atom is -0.494 e. The van der Waals surface area contributed by atoms with Gasteiger partial charge in [-0.2, -0.15) is 0 Å². The molecule has 0 saturated carbocycles. The third-order valence-electron chi connectivity index (χ3n) is 5.00. The number of para-hydroxylation sites is 1. The van der Waals surface area contributed by atoms with E-state index < -0.39 is 0 Å². The van der Waals surface area contributed by atoms with E-state index >= 15 is 0 Å². The molecule has 162 valence electrons. The molecule has 1 aliphatic rings. The summed E-state index contributed by atoms with van der Waals surface area (Å²) >= 11 is 0. The summed E-state index contributed by atoms with van der Waals surface area (Å²) in [5.41, 5.74) is 3.31. The monoisotopic (exact) mass is 522 g/mol. The van der Waals surface area contributed by atoms with E-state index in [4.69, 9.17) is 4.74 Å². The first-order valence-corrected chi connectivity index (χ1v) is 10.2. The van der Waals surface area contributed by atoms with Gasteiger partial charge in [-0.25, -0.2) is 0 Å². The van der Waals surface area contributed by atoms with Crippen molar-refractivity contribution in [3.63, 3.8) is 0 Å². The summed E-state index contributed by atoms with van der Waals surface area (Å²) in [6, 6.07) is 16.1. The Labute approximate surface area is 195 Å². The predicted octanol–water partition coefficient (Wildman–Crippen LogP) is 4.06. The Balaban J connectivity index is 0.00000320. The molecule has 1 amide bonds.